The van der Waals surface area contributed by atoms with Crippen LogP contribution in [0.15, 0.2) is 18.5 Å². The molecule has 0 bridgehead atoms. The van der Waals surface area contributed by atoms with Crippen molar-refractivity contribution in [3.8, 4) is 0 Å². The van der Waals surface area contributed by atoms with Gasteiger partial charge in [-0.25, -0.2) is 13.8 Å². The van der Waals surface area contributed by atoms with Crippen LogP contribution in [0, 0.1) is 11.6 Å². The molecular weight excluding hydrogens is 490 g/mol. The highest BCUT2D eigenvalue weighted by Crippen LogP contribution is 2.48. The lowest BCUT2D eigenvalue weighted by Crippen LogP contribution is -2.65. The molecule has 2 saturated heterocycles. The van der Waals surface area contributed by atoms with Gasteiger partial charge in [0.2, 0.25) is 0 Å². The molecule has 3 heterocycles. The van der Waals surface area contributed by atoms with Crippen LogP contribution in [-0.2, 0) is 17.7 Å². The molecule has 2 aliphatic rings. The van der Waals surface area contributed by atoms with Crippen molar-refractivity contribution in [3.05, 3.63) is 30.1 Å². The number of nitrogens with zero attached hydrogens (tertiary/aromatic N) is 2. The average molecular weight is 529 g/mol. The molecule has 0 aliphatic carbocycles. The molecule has 1 aromatic heterocycles. The quantitative estimate of drug-likeness (QED) is 0.515. The van der Waals surface area contributed by atoms with Crippen molar-refractivity contribution >= 4 is 28.2 Å². The summed E-state index contributed by atoms with van der Waals surface area (Å²) < 4.78 is 56.8. The van der Waals surface area contributed by atoms with Gasteiger partial charge in [-0.15, -0.1) is 0 Å². The van der Waals surface area contributed by atoms with Gasteiger partial charge in [-0.05, 0) is 22.2 Å². The Morgan fingerprint density at radius 3 is 2.14 bits per heavy atom. The molecule has 4 atom stereocenters. The van der Waals surface area contributed by atoms with Gasteiger partial charge in [0.1, 0.15) is 29.6 Å². The van der Waals surface area contributed by atoms with E-state index >= 15 is 0 Å². The van der Waals surface area contributed by atoms with Gasteiger partial charge in [-0.1, -0.05) is 55.4 Å². The van der Waals surface area contributed by atoms with E-state index in [9.17, 15) is 13.9 Å². The normalized spacial score (nSPS) is 28.8. The van der Waals surface area contributed by atoms with E-state index in [4.69, 9.17) is 17.7 Å². The molecule has 7 nitrogen and oxygen atoms in total. The third-order valence-corrected chi connectivity index (χ3v) is 17.8. The minimum Gasteiger partial charge on any atom is -0.414 e. The Labute approximate surface area is 208 Å². The number of aliphatic hydroxyl groups is 1. The first-order valence-corrected chi connectivity index (χ1v) is 16.4. The standard InChI is InChI=1S/C24H38F2N2O5Si2/c1-13(2)34(14(3)4)30-11-20-23(32-35(33-34,15(5)6)16(7)8)22(29)24(31-20)28-12-27-21-18(26)9-17(25)10-19(21)28/h9-10,12-16,20,22-24,29H,11H2,1-8H3/t20-,22-,23-,24-/m1/s1. The van der Waals surface area contributed by atoms with Crippen molar-refractivity contribution in [1.29, 1.82) is 0 Å². The van der Waals surface area contributed by atoms with Gasteiger partial charge in [0.05, 0.1) is 18.5 Å². The summed E-state index contributed by atoms with van der Waals surface area (Å²) in [5.41, 5.74) is 0.777. The molecule has 4 rings (SSSR count). The summed E-state index contributed by atoms with van der Waals surface area (Å²) in [6.45, 7) is 17.2. The Balaban J connectivity index is 1.78. The van der Waals surface area contributed by atoms with Crippen LogP contribution in [0.25, 0.3) is 11.0 Å². The second-order valence-corrected chi connectivity index (χ2v) is 19.9. The molecule has 35 heavy (non-hydrogen) atoms. The molecule has 0 spiro atoms. The van der Waals surface area contributed by atoms with E-state index in [2.05, 4.69) is 60.4 Å². The van der Waals surface area contributed by atoms with Gasteiger partial charge in [0.25, 0.3) is 0 Å². The number of hydrogen-bond donors (Lipinski definition) is 1. The van der Waals surface area contributed by atoms with E-state index in [-0.39, 0.29) is 39.8 Å². The fourth-order valence-electron chi connectivity index (χ4n) is 5.63. The summed E-state index contributed by atoms with van der Waals surface area (Å²) in [5.74, 6) is -1.49. The molecule has 2 aliphatic heterocycles. The zero-order valence-corrected chi connectivity index (χ0v) is 23.8. The second-order valence-electron chi connectivity index (χ2n) is 11.0. The van der Waals surface area contributed by atoms with E-state index in [1.165, 1.54) is 17.0 Å². The number of halogens is 2. The maximum atomic E-state index is 14.3. The topological polar surface area (TPSA) is 75.0 Å². The van der Waals surface area contributed by atoms with E-state index in [1.807, 2.05) is 0 Å². The zero-order valence-electron chi connectivity index (χ0n) is 21.8. The molecule has 2 fully saturated rings. The largest absolute Gasteiger partial charge is 0.414 e. The Kier molecular flexibility index (Phi) is 7.35. The lowest BCUT2D eigenvalue weighted by molar-refractivity contribution is -0.0568. The molecule has 2 aromatic rings. The summed E-state index contributed by atoms with van der Waals surface area (Å²) in [6.07, 6.45) is -1.94. The highest BCUT2D eigenvalue weighted by atomic mass is 28.5. The number of hydrogen-bond acceptors (Lipinski definition) is 6. The van der Waals surface area contributed by atoms with Crippen LogP contribution in [-0.4, -0.2) is 56.7 Å². The predicted molar refractivity (Wildman–Crippen MR) is 133 cm³/mol. The molecule has 11 heteroatoms. The predicted octanol–water partition coefficient (Wildman–Crippen LogP) is 5.53. The van der Waals surface area contributed by atoms with Crippen LogP contribution in [0.3, 0.4) is 0 Å². The third-order valence-electron chi connectivity index (χ3n) is 7.51. The van der Waals surface area contributed by atoms with Gasteiger partial charge < -0.3 is 27.4 Å². The van der Waals surface area contributed by atoms with Crippen molar-refractivity contribution in [1.82, 2.24) is 9.55 Å². The Morgan fingerprint density at radius 1 is 0.971 bits per heavy atom. The van der Waals surface area contributed by atoms with Crippen LogP contribution >= 0.6 is 0 Å². The highest BCUT2D eigenvalue weighted by Gasteiger charge is 2.61. The first-order chi connectivity index (χ1) is 16.3. The molecular formula is C24H38F2N2O5Si2. The summed E-state index contributed by atoms with van der Waals surface area (Å²) in [4.78, 5) is 4.10. The molecule has 1 aromatic carbocycles. The number of aliphatic hydroxyl groups excluding tert-OH is 1. The summed E-state index contributed by atoms with van der Waals surface area (Å²) in [7, 11) is -5.70. The number of imidazole rings is 1. The SMILES string of the molecule is CC(C)[Si]1(C(C)C)OC[C@H]2O[C@@H](n3cnc4c(F)cc(F)cc43)[C@H](O)[C@@H]2O[Si](C(C)C)(C(C)C)O1. The Morgan fingerprint density at radius 2 is 1.57 bits per heavy atom. The minimum atomic E-state index is -2.94. The summed E-state index contributed by atoms with van der Waals surface area (Å²) in [5, 5.41) is 11.5. The summed E-state index contributed by atoms with van der Waals surface area (Å²) >= 11 is 0. The molecule has 0 radical (unpaired) electrons. The average Bonchev–Trinajstić information content (AvgIpc) is 3.28. The minimum absolute atomic E-state index is 0.0196. The fraction of sp³-hybridized carbons (Fsp3) is 0.708. The molecule has 0 unspecified atom stereocenters. The van der Waals surface area contributed by atoms with Crippen molar-refractivity contribution in [2.45, 2.75) is 102 Å². The van der Waals surface area contributed by atoms with Crippen molar-refractivity contribution in [3.63, 3.8) is 0 Å². The first kappa shape index (κ1) is 26.8. The maximum absolute atomic E-state index is 14.3. The lowest BCUT2D eigenvalue weighted by atomic mass is 10.1. The third kappa shape index (κ3) is 4.32. The molecule has 196 valence electrons. The van der Waals surface area contributed by atoms with Gasteiger partial charge >= 0.3 is 17.1 Å². The van der Waals surface area contributed by atoms with Crippen LogP contribution < -0.4 is 0 Å². The molecule has 0 saturated carbocycles. The van der Waals surface area contributed by atoms with E-state index in [0.29, 0.717) is 0 Å². The van der Waals surface area contributed by atoms with Crippen molar-refractivity contribution < 1.29 is 31.6 Å². The van der Waals surface area contributed by atoms with Crippen LogP contribution in [0.2, 0.25) is 22.2 Å². The number of benzene rings is 1. The first-order valence-electron chi connectivity index (χ1n) is 12.5. The zero-order chi connectivity index (χ0) is 25.9. The smallest absolute Gasteiger partial charge is 0.335 e. The Bertz CT molecular complexity index is 1050. The fourth-order valence-corrected chi connectivity index (χ4v) is 16.8. The lowest BCUT2D eigenvalue weighted by Gasteiger charge is -2.51. The van der Waals surface area contributed by atoms with E-state index in [1.54, 1.807) is 0 Å². The number of rotatable bonds is 5. The number of fused-ring (bicyclic) bond motifs is 2. The van der Waals surface area contributed by atoms with Crippen molar-refractivity contribution in [2.24, 2.45) is 0 Å². The van der Waals surface area contributed by atoms with E-state index < -0.39 is 53.3 Å². The summed E-state index contributed by atoms with van der Waals surface area (Å²) in [6, 6.07) is 1.99. The second kappa shape index (κ2) is 9.58. The molecule has 1 N–H and O–H groups in total. The van der Waals surface area contributed by atoms with Crippen LogP contribution in [0.4, 0.5) is 8.78 Å². The van der Waals surface area contributed by atoms with Gasteiger partial charge in [-0.2, -0.15) is 0 Å². The monoisotopic (exact) mass is 528 g/mol. The van der Waals surface area contributed by atoms with Gasteiger partial charge in [0, 0.05) is 12.1 Å². The number of ether oxygens (including phenoxy) is 1. The Hall–Kier alpha value is -1.22. The van der Waals surface area contributed by atoms with Gasteiger partial charge in [0.15, 0.2) is 12.0 Å². The highest BCUT2D eigenvalue weighted by molar-refractivity contribution is 6.84. The van der Waals surface area contributed by atoms with Crippen LogP contribution in [0.1, 0.15) is 61.6 Å². The number of aromatic nitrogens is 2. The maximum Gasteiger partial charge on any atom is 0.335 e. The molecule has 0 amide bonds. The van der Waals surface area contributed by atoms with Gasteiger partial charge in [-0.3, -0.25) is 0 Å². The van der Waals surface area contributed by atoms with E-state index in [0.717, 1.165) is 6.07 Å². The van der Waals surface area contributed by atoms with Crippen LogP contribution in [0.5, 0.6) is 0 Å². The van der Waals surface area contributed by atoms with Crippen molar-refractivity contribution in [2.75, 3.05) is 6.61 Å².